The first-order chi connectivity index (χ1) is 16.4. The number of tetrazole rings is 1. The van der Waals surface area contributed by atoms with Gasteiger partial charge in [0.2, 0.25) is 0 Å². The lowest BCUT2D eigenvalue weighted by atomic mass is 9.91. The standard InChI is InChI=1S/C16H8F15N5O/c17-10(18,9(37)32-7-3-1-2-6(4-7)5-8-33-35-36-34-8)11(19,20)12(21,22)13(23,24)14(25,26)15(27,28)16(29,30)31/h1-4H,5H2,(H,32,37)(H,33,34,35,36). The van der Waals surface area contributed by atoms with Gasteiger partial charge in [-0.2, -0.15) is 65.9 Å². The Morgan fingerprint density at radius 1 is 0.757 bits per heavy atom. The number of nitrogens with one attached hydrogen (secondary N) is 2. The monoisotopic (exact) mass is 571 g/mol. The number of alkyl halides is 15. The molecule has 0 atom stereocenters. The fourth-order valence-corrected chi connectivity index (χ4v) is 2.52. The molecule has 0 saturated carbocycles. The Kier molecular flexibility index (Phi) is 7.22. The van der Waals surface area contributed by atoms with Crippen LogP contribution in [0.4, 0.5) is 71.5 Å². The lowest BCUT2D eigenvalue weighted by Gasteiger charge is -2.41. The highest BCUT2D eigenvalue weighted by Crippen LogP contribution is 2.62. The summed E-state index contributed by atoms with van der Waals surface area (Å²) in [6.07, 6.45) is -7.94. The van der Waals surface area contributed by atoms with E-state index < -0.39 is 53.3 Å². The van der Waals surface area contributed by atoms with E-state index in [4.69, 9.17) is 0 Å². The van der Waals surface area contributed by atoms with Crippen LogP contribution in [0.2, 0.25) is 0 Å². The molecule has 0 spiro atoms. The maximum atomic E-state index is 14.0. The molecule has 1 aromatic heterocycles. The molecular formula is C16H8F15N5O. The Morgan fingerprint density at radius 3 is 1.76 bits per heavy atom. The highest BCUT2D eigenvalue weighted by atomic mass is 19.4. The van der Waals surface area contributed by atoms with Gasteiger partial charge in [-0.3, -0.25) is 4.79 Å². The molecule has 0 fully saturated rings. The van der Waals surface area contributed by atoms with Crippen LogP contribution in [-0.4, -0.2) is 68.2 Å². The molecule has 37 heavy (non-hydrogen) atoms. The fourth-order valence-electron chi connectivity index (χ4n) is 2.52. The highest BCUT2D eigenvalue weighted by Gasteiger charge is 2.94. The second kappa shape index (κ2) is 8.92. The van der Waals surface area contributed by atoms with Crippen molar-refractivity contribution >= 4 is 11.6 Å². The second-order valence-electron chi connectivity index (χ2n) is 7.12. The maximum absolute atomic E-state index is 14.0. The van der Waals surface area contributed by atoms with E-state index in [1.54, 1.807) is 0 Å². The number of anilines is 1. The van der Waals surface area contributed by atoms with Crippen LogP contribution < -0.4 is 5.32 Å². The van der Waals surface area contributed by atoms with Crippen molar-refractivity contribution in [3.05, 3.63) is 35.7 Å². The molecule has 1 heterocycles. The number of carbonyl (C=O) groups is 1. The number of halogens is 15. The third-order valence-electron chi connectivity index (χ3n) is 4.56. The molecule has 1 amide bonds. The minimum atomic E-state index is -8.47. The van der Waals surface area contributed by atoms with E-state index in [2.05, 4.69) is 20.6 Å². The number of hydrogen-bond donors (Lipinski definition) is 2. The van der Waals surface area contributed by atoms with Gasteiger partial charge in [-0.15, -0.1) is 5.10 Å². The molecule has 1 aromatic carbocycles. The summed E-state index contributed by atoms with van der Waals surface area (Å²) in [4.78, 5) is 11.6. The van der Waals surface area contributed by atoms with Crippen molar-refractivity contribution in [3.8, 4) is 0 Å². The average molecular weight is 571 g/mol. The van der Waals surface area contributed by atoms with E-state index in [1.807, 2.05) is 0 Å². The topological polar surface area (TPSA) is 83.6 Å². The first kappa shape index (κ1) is 29.9. The Morgan fingerprint density at radius 2 is 1.27 bits per heavy atom. The summed E-state index contributed by atoms with van der Waals surface area (Å²) in [5.74, 6) is -51.8. The molecule has 6 nitrogen and oxygen atoms in total. The van der Waals surface area contributed by atoms with Crippen LogP contribution in [0.15, 0.2) is 24.3 Å². The zero-order valence-corrected chi connectivity index (χ0v) is 16.9. The molecule has 0 unspecified atom stereocenters. The first-order valence-corrected chi connectivity index (χ1v) is 8.91. The predicted molar refractivity (Wildman–Crippen MR) is 87.8 cm³/mol. The van der Waals surface area contributed by atoms with Crippen molar-refractivity contribution < 1.29 is 70.7 Å². The minimum absolute atomic E-state index is 0.0267. The van der Waals surface area contributed by atoms with Gasteiger partial charge in [0.1, 0.15) is 0 Å². The molecule has 0 aliphatic rings. The van der Waals surface area contributed by atoms with Gasteiger partial charge in [0.25, 0.3) is 0 Å². The van der Waals surface area contributed by atoms with Crippen molar-refractivity contribution in [3.63, 3.8) is 0 Å². The summed E-state index contributed by atoms with van der Waals surface area (Å²) in [5.41, 5.74) is -0.841. The number of H-pyrrole nitrogens is 1. The van der Waals surface area contributed by atoms with Crippen molar-refractivity contribution in [1.29, 1.82) is 0 Å². The number of benzene rings is 1. The van der Waals surface area contributed by atoms with Crippen LogP contribution in [0, 0.1) is 0 Å². The molecule has 0 aliphatic carbocycles. The highest BCUT2D eigenvalue weighted by molar-refractivity contribution is 5.97. The van der Waals surface area contributed by atoms with Crippen LogP contribution in [0.5, 0.6) is 0 Å². The SMILES string of the molecule is O=C(Nc1cccc(Cc2nnn[nH]2)c1)C(F)(F)C(F)(F)C(F)(F)C(F)(F)C(F)(F)C(F)(F)C(F)(F)F. The third kappa shape index (κ3) is 4.62. The number of aromatic amines is 1. The van der Waals surface area contributed by atoms with Gasteiger partial charge < -0.3 is 5.32 Å². The quantitative estimate of drug-likeness (QED) is 0.411. The predicted octanol–water partition coefficient (Wildman–Crippen LogP) is 5.10. The summed E-state index contributed by atoms with van der Waals surface area (Å²) in [5, 5.41) is 12.9. The number of nitrogens with zero attached hydrogens (tertiary/aromatic N) is 3. The summed E-state index contributed by atoms with van der Waals surface area (Å²) >= 11 is 0. The summed E-state index contributed by atoms with van der Waals surface area (Å²) in [6.45, 7) is 0. The Bertz CT molecular complexity index is 1110. The van der Waals surface area contributed by atoms with Crippen LogP contribution in [0.1, 0.15) is 11.4 Å². The molecule has 0 aliphatic heterocycles. The molecule has 21 heteroatoms. The van der Waals surface area contributed by atoms with E-state index in [1.165, 1.54) is 6.07 Å². The number of hydrogen-bond acceptors (Lipinski definition) is 4. The Hall–Kier alpha value is -3.29. The maximum Gasteiger partial charge on any atom is 0.460 e. The van der Waals surface area contributed by atoms with Crippen LogP contribution in [0.3, 0.4) is 0 Å². The fraction of sp³-hybridized carbons (Fsp3) is 0.500. The van der Waals surface area contributed by atoms with Crippen LogP contribution in [-0.2, 0) is 11.2 Å². The van der Waals surface area contributed by atoms with Gasteiger partial charge in [0.05, 0.1) is 0 Å². The number of aromatic nitrogens is 4. The molecule has 2 aromatic rings. The lowest BCUT2D eigenvalue weighted by molar-refractivity contribution is -0.449. The summed E-state index contributed by atoms with van der Waals surface area (Å²) < 4.78 is 198. The molecule has 0 radical (unpaired) electrons. The van der Waals surface area contributed by atoms with Crippen LogP contribution >= 0.6 is 0 Å². The van der Waals surface area contributed by atoms with Gasteiger partial charge in [-0.1, -0.05) is 12.1 Å². The normalized spacial score (nSPS) is 14.6. The minimum Gasteiger partial charge on any atom is -0.321 e. The van der Waals surface area contributed by atoms with E-state index in [0.717, 1.165) is 17.4 Å². The van der Waals surface area contributed by atoms with Gasteiger partial charge in [0.15, 0.2) is 5.82 Å². The van der Waals surface area contributed by atoms with E-state index >= 15 is 0 Å². The molecule has 2 rings (SSSR count). The molecule has 208 valence electrons. The second-order valence-corrected chi connectivity index (χ2v) is 7.12. The Labute approximate surface area is 193 Å². The van der Waals surface area contributed by atoms with E-state index in [0.29, 0.717) is 6.07 Å². The molecule has 0 saturated heterocycles. The smallest absolute Gasteiger partial charge is 0.321 e. The Balaban J connectivity index is 2.40. The summed E-state index contributed by atoms with van der Waals surface area (Å²) in [7, 11) is 0. The van der Waals surface area contributed by atoms with Crippen molar-refractivity contribution in [2.24, 2.45) is 0 Å². The van der Waals surface area contributed by atoms with E-state index in [9.17, 15) is 70.7 Å². The van der Waals surface area contributed by atoms with Gasteiger partial charge in [-0.25, -0.2) is 5.10 Å². The zero-order valence-electron chi connectivity index (χ0n) is 16.9. The third-order valence-corrected chi connectivity index (χ3v) is 4.56. The summed E-state index contributed by atoms with van der Waals surface area (Å²) in [6, 6.07) is 3.59. The van der Waals surface area contributed by atoms with Crippen molar-refractivity contribution in [2.45, 2.75) is 48.1 Å². The molecule has 0 bridgehead atoms. The van der Waals surface area contributed by atoms with Crippen molar-refractivity contribution in [2.75, 3.05) is 5.32 Å². The molecule has 2 N–H and O–H groups in total. The van der Waals surface area contributed by atoms with Gasteiger partial charge >= 0.3 is 47.6 Å². The largest absolute Gasteiger partial charge is 0.460 e. The zero-order chi connectivity index (χ0) is 28.9. The number of carbonyl (C=O) groups excluding carboxylic acids is 1. The first-order valence-electron chi connectivity index (χ1n) is 8.91. The van der Waals surface area contributed by atoms with Gasteiger partial charge in [0, 0.05) is 12.1 Å². The average Bonchev–Trinajstić information content (AvgIpc) is 3.25. The van der Waals surface area contributed by atoms with Crippen LogP contribution in [0.25, 0.3) is 0 Å². The molecular weight excluding hydrogens is 563 g/mol. The van der Waals surface area contributed by atoms with Gasteiger partial charge in [-0.05, 0) is 28.1 Å². The van der Waals surface area contributed by atoms with Crippen molar-refractivity contribution in [1.82, 2.24) is 20.6 Å². The lowest BCUT2D eigenvalue weighted by Crippen LogP contribution is -2.73. The number of rotatable bonds is 9. The number of amides is 1. The van der Waals surface area contributed by atoms with E-state index in [-0.39, 0.29) is 17.8 Å².